The van der Waals surface area contributed by atoms with E-state index in [4.69, 9.17) is 4.74 Å². The van der Waals surface area contributed by atoms with Crippen molar-refractivity contribution in [3.63, 3.8) is 0 Å². The highest BCUT2D eigenvalue weighted by Crippen LogP contribution is 2.34. The fourth-order valence-corrected chi connectivity index (χ4v) is 4.00. The Bertz CT molecular complexity index is 1030. The number of halogens is 1. The first-order chi connectivity index (χ1) is 13.7. The number of para-hydroxylation sites is 1. The van der Waals surface area contributed by atoms with Gasteiger partial charge < -0.3 is 15.4 Å². The standard InChI is InChI=1S/C22H23FN2O3S/c1-22(2,3)25-18(26)12-24-21(27)20-15(13-28-14-8-5-4-6-9-14)19-16(23)10-7-11-17(19)29-20/h4-11H,12-13H2,1-3H3,(H,24,27)(H,25,26). The van der Waals surface area contributed by atoms with E-state index < -0.39 is 17.3 Å². The SMILES string of the molecule is CC(C)(C)NC(=O)CNC(=O)c1sc2cccc(F)c2c1COc1ccccc1. The molecule has 0 spiro atoms. The molecule has 0 unspecified atom stereocenters. The van der Waals surface area contributed by atoms with Gasteiger partial charge in [-0.05, 0) is 45.0 Å². The largest absolute Gasteiger partial charge is 0.489 e. The summed E-state index contributed by atoms with van der Waals surface area (Å²) in [4.78, 5) is 25.1. The van der Waals surface area contributed by atoms with Gasteiger partial charge in [-0.2, -0.15) is 0 Å². The molecule has 0 aliphatic rings. The maximum Gasteiger partial charge on any atom is 0.262 e. The van der Waals surface area contributed by atoms with Crippen LogP contribution in [0.2, 0.25) is 0 Å². The summed E-state index contributed by atoms with van der Waals surface area (Å²) in [5.74, 6) is -0.504. The number of thiophene rings is 1. The third-order valence-electron chi connectivity index (χ3n) is 4.02. The first kappa shape index (κ1) is 20.8. The third kappa shape index (κ3) is 5.32. The lowest BCUT2D eigenvalue weighted by Crippen LogP contribution is -2.45. The van der Waals surface area contributed by atoms with Gasteiger partial charge in [-0.3, -0.25) is 9.59 Å². The molecule has 0 radical (unpaired) electrons. The Hall–Kier alpha value is -2.93. The summed E-state index contributed by atoms with van der Waals surface area (Å²) in [6.07, 6.45) is 0. The molecule has 29 heavy (non-hydrogen) atoms. The smallest absolute Gasteiger partial charge is 0.262 e. The lowest BCUT2D eigenvalue weighted by molar-refractivity contribution is -0.121. The van der Waals surface area contributed by atoms with E-state index >= 15 is 0 Å². The number of rotatable bonds is 6. The van der Waals surface area contributed by atoms with Crippen molar-refractivity contribution in [1.82, 2.24) is 10.6 Å². The molecule has 2 amide bonds. The van der Waals surface area contributed by atoms with Crippen molar-refractivity contribution in [3.05, 3.63) is 64.8 Å². The molecule has 1 aromatic heterocycles. The molecule has 5 nitrogen and oxygen atoms in total. The van der Waals surface area contributed by atoms with Crippen LogP contribution in [0.5, 0.6) is 5.75 Å². The first-order valence-electron chi connectivity index (χ1n) is 9.21. The second-order valence-electron chi connectivity index (χ2n) is 7.61. The van der Waals surface area contributed by atoms with Gasteiger partial charge in [0.25, 0.3) is 5.91 Å². The van der Waals surface area contributed by atoms with E-state index in [0.29, 0.717) is 26.3 Å². The van der Waals surface area contributed by atoms with Crippen LogP contribution in [-0.4, -0.2) is 23.9 Å². The normalized spacial score (nSPS) is 11.3. The number of ether oxygens (including phenoxy) is 1. The second kappa shape index (κ2) is 8.61. The number of carbonyl (C=O) groups excluding carboxylic acids is 2. The molecule has 0 atom stereocenters. The quantitative estimate of drug-likeness (QED) is 0.633. The predicted molar refractivity (Wildman–Crippen MR) is 113 cm³/mol. The average Bonchev–Trinajstić information content (AvgIpc) is 3.04. The topological polar surface area (TPSA) is 67.4 Å². The van der Waals surface area contributed by atoms with Crippen molar-refractivity contribution < 1.29 is 18.7 Å². The average molecular weight is 415 g/mol. The first-order valence-corrected chi connectivity index (χ1v) is 10.0. The van der Waals surface area contributed by atoms with Crippen LogP contribution in [0.25, 0.3) is 10.1 Å². The van der Waals surface area contributed by atoms with Crippen molar-refractivity contribution in [2.24, 2.45) is 0 Å². The summed E-state index contributed by atoms with van der Waals surface area (Å²) in [7, 11) is 0. The molecule has 0 fully saturated rings. The minimum absolute atomic E-state index is 0.0435. The highest BCUT2D eigenvalue weighted by atomic mass is 32.1. The zero-order valence-corrected chi connectivity index (χ0v) is 17.4. The second-order valence-corrected chi connectivity index (χ2v) is 8.66. The van der Waals surface area contributed by atoms with Crippen LogP contribution in [0, 0.1) is 5.82 Å². The van der Waals surface area contributed by atoms with Crippen LogP contribution in [0.15, 0.2) is 48.5 Å². The van der Waals surface area contributed by atoms with E-state index in [1.54, 1.807) is 24.3 Å². The number of benzene rings is 2. The van der Waals surface area contributed by atoms with Crippen LogP contribution in [0.1, 0.15) is 36.0 Å². The van der Waals surface area contributed by atoms with E-state index in [9.17, 15) is 14.0 Å². The minimum Gasteiger partial charge on any atom is -0.489 e. The molecule has 0 saturated heterocycles. The lowest BCUT2D eigenvalue weighted by Gasteiger charge is -2.20. The van der Waals surface area contributed by atoms with Gasteiger partial charge in [-0.15, -0.1) is 11.3 Å². The van der Waals surface area contributed by atoms with Gasteiger partial charge in [0.2, 0.25) is 5.91 Å². The van der Waals surface area contributed by atoms with E-state index in [-0.39, 0.29) is 19.1 Å². The third-order valence-corrected chi connectivity index (χ3v) is 5.22. The molecule has 3 rings (SSSR count). The van der Waals surface area contributed by atoms with Gasteiger partial charge in [0, 0.05) is 21.2 Å². The fraction of sp³-hybridized carbons (Fsp3) is 0.273. The minimum atomic E-state index is -0.429. The number of carbonyl (C=O) groups is 2. The molecule has 1 heterocycles. The van der Waals surface area contributed by atoms with Crippen molar-refractivity contribution in [2.45, 2.75) is 32.9 Å². The molecular weight excluding hydrogens is 391 g/mol. The maximum atomic E-state index is 14.5. The zero-order chi connectivity index (χ0) is 21.0. The molecule has 7 heteroatoms. The zero-order valence-electron chi connectivity index (χ0n) is 16.5. The Morgan fingerprint density at radius 2 is 1.79 bits per heavy atom. The maximum absolute atomic E-state index is 14.5. The molecular formula is C22H23FN2O3S. The van der Waals surface area contributed by atoms with E-state index in [1.165, 1.54) is 17.4 Å². The fourth-order valence-electron chi connectivity index (χ4n) is 2.86. The number of fused-ring (bicyclic) bond motifs is 1. The summed E-state index contributed by atoms with van der Waals surface area (Å²) in [5, 5.41) is 5.78. The molecule has 152 valence electrons. The van der Waals surface area contributed by atoms with Gasteiger partial charge in [0.15, 0.2) is 0 Å². The predicted octanol–water partition coefficient (Wildman–Crippen LogP) is 4.26. The van der Waals surface area contributed by atoms with Gasteiger partial charge in [0.1, 0.15) is 18.2 Å². The lowest BCUT2D eigenvalue weighted by atomic mass is 10.1. The number of nitrogens with one attached hydrogen (secondary N) is 2. The highest BCUT2D eigenvalue weighted by Gasteiger charge is 2.22. The number of hydrogen-bond acceptors (Lipinski definition) is 4. The van der Waals surface area contributed by atoms with Gasteiger partial charge in [0.05, 0.1) is 11.4 Å². The molecule has 0 saturated carbocycles. The molecule has 2 N–H and O–H groups in total. The Labute approximate surface area is 172 Å². The highest BCUT2D eigenvalue weighted by molar-refractivity contribution is 7.21. The van der Waals surface area contributed by atoms with Crippen LogP contribution < -0.4 is 15.4 Å². The molecule has 3 aromatic rings. The summed E-state index contributed by atoms with van der Waals surface area (Å²) in [6, 6.07) is 13.9. The van der Waals surface area contributed by atoms with E-state index in [1.807, 2.05) is 39.0 Å². The van der Waals surface area contributed by atoms with Crippen LogP contribution >= 0.6 is 11.3 Å². The summed E-state index contributed by atoms with van der Waals surface area (Å²) in [5.41, 5.74) is 0.0812. The van der Waals surface area contributed by atoms with Crippen molar-refractivity contribution in [1.29, 1.82) is 0 Å². The van der Waals surface area contributed by atoms with Crippen molar-refractivity contribution in [3.8, 4) is 5.75 Å². The van der Waals surface area contributed by atoms with Gasteiger partial charge >= 0.3 is 0 Å². The van der Waals surface area contributed by atoms with E-state index in [2.05, 4.69) is 10.6 Å². The molecule has 0 aliphatic carbocycles. The van der Waals surface area contributed by atoms with Crippen LogP contribution in [0.4, 0.5) is 4.39 Å². The Morgan fingerprint density at radius 1 is 1.07 bits per heavy atom. The Balaban J connectivity index is 1.83. The monoisotopic (exact) mass is 414 g/mol. The van der Waals surface area contributed by atoms with Crippen LogP contribution in [0.3, 0.4) is 0 Å². The summed E-state index contributed by atoms with van der Waals surface area (Å²) >= 11 is 1.18. The number of amides is 2. The van der Waals surface area contributed by atoms with Gasteiger partial charge in [-0.25, -0.2) is 4.39 Å². The van der Waals surface area contributed by atoms with Crippen molar-refractivity contribution >= 4 is 33.2 Å². The van der Waals surface area contributed by atoms with Crippen LogP contribution in [-0.2, 0) is 11.4 Å². The Kier molecular flexibility index (Phi) is 6.17. The molecule has 2 aromatic carbocycles. The molecule has 0 bridgehead atoms. The summed E-state index contributed by atoms with van der Waals surface area (Å²) in [6.45, 7) is 5.47. The number of hydrogen-bond donors (Lipinski definition) is 2. The van der Waals surface area contributed by atoms with Crippen molar-refractivity contribution in [2.75, 3.05) is 6.54 Å². The summed E-state index contributed by atoms with van der Waals surface area (Å²) < 4.78 is 20.9. The Morgan fingerprint density at radius 3 is 2.48 bits per heavy atom. The molecule has 0 aliphatic heterocycles. The van der Waals surface area contributed by atoms with Gasteiger partial charge in [-0.1, -0.05) is 24.3 Å². The van der Waals surface area contributed by atoms with E-state index in [0.717, 1.165) is 0 Å².